The number of hydrogen-bond donors (Lipinski definition) is 0. The molecule has 3 aliphatic heterocycles. The summed E-state index contributed by atoms with van der Waals surface area (Å²) in [6.07, 6.45) is -1.11. The number of rotatable bonds is 5. The molecule has 2 bridgehead atoms. The Hall–Kier alpha value is -4.25. The summed E-state index contributed by atoms with van der Waals surface area (Å²) in [5.41, 5.74) is 3.14. The van der Waals surface area contributed by atoms with Gasteiger partial charge in [0.25, 0.3) is 5.91 Å². The Morgan fingerprint density at radius 1 is 1.00 bits per heavy atom. The van der Waals surface area contributed by atoms with Gasteiger partial charge in [0.05, 0.1) is 5.69 Å². The summed E-state index contributed by atoms with van der Waals surface area (Å²) in [6, 6.07) is 14.6. The highest BCUT2D eigenvalue weighted by atomic mass is 16.7. The predicted molar refractivity (Wildman–Crippen MR) is 126 cm³/mol. The molecule has 0 radical (unpaired) electrons. The molecule has 5 rings (SSSR count). The van der Waals surface area contributed by atoms with E-state index in [1.165, 1.54) is 7.11 Å². The standard InChI is InChI=1S/C25H24N4O7/c1-34-26-19(16-5-3-2-4-6-16)15-27-9-11-28(12-10-27)22(30)17-7-8-20-18(13-17)14-21-23(31)29(20)36-25(33)24(32)35-21/h2-8,13,21H,9-12,14-15H2,1H3/b26-19-. The molecule has 186 valence electrons. The predicted octanol–water partition coefficient (Wildman–Crippen LogP) is 0.768. The Kier molecular flexibility index (Phi) is 6.38. The van der Waals surface area contributed by atoms with Crippen LogP contribution >= 0.6 is 0 Å². The van der Waals surface area contributed by atoms with Crippen molar-refractivity contribution in [3.63, 3.8) is 0 Å². The number of amides is 2. The molecule has 0 saturated carbocycles. The van der Waals surface area contributed by atoms with Crippen LogP contribution in [0.3, 0.4) is 0 Å². The number of anilines is 1. The maximum absolute atomic E-state index is 13.2. The van der Waals surface area contributed by atoms with Crippen LogP contribution in [0.2, 0.25) is 0 Å². The molecule has 3 aliphatic rings. The van der Waals surface area contributed by atoms with Gasteiger partial charge >= 0.3 is 17.8 Å². The first kappa shape index (κ1) is 23.5. The Bertz CT molecular complexity index is 1240. The van der Waals surface area contributed by atoms with Crippen molar-refractivity contribution in [3.05, 3.63) is 65.2 Å². The van der Waals surface area contributed by atoms with E-state index >= 15 is 0 Å². The number of carbonyl (C=O) groups is 4. The van der Waals surface area contributed by atoms with E-state index in [1.54, 1.807) is 23.1 Å². The zero-order valence-corrected chi connectivity index (χ0v) is 19.6. The Morgan fingerprint density at radius 2 is 1.75 bits per heavy atom. The number of esters is 1. The van der Waals surface area contributed by atoms with Gasteiger partial charge in [0, 0.05) is 50.3 Å². The third kappa shape index (κ3) is 4.52. The molecule has 0 aliphatic carbocycles. The fraction of sp³-hybridized carbons (Fsp3) is 0.320. The Balaban J connectivity index is 1.25. The first-order valence-electron chi connectivity index (χ1n) is 11.5. The molecule has 2 fully saturated rings. The van der Waals surface area contributed by atoms with Crippen LogP contribution < -0.4 is 5.06 Å². The molecule has 1 atom stereocenters. The molecule has 0 spiro atoms. The van der Waals surface area contributed by atoms with Crippen LogP contribution in [0.4, 0.5) is 5.69 Å². The smallest absolute Gasteiger partial charge is 0.442 e. The third-order valence-electron chi connectivity index (χ3n) is 6.36. The quantitative estimate of drug-likeness (QED) is 0.260. The van der Waals surface area contributed by atoms with Gasteiger partial charge in [-0.05, 0) is 23.8 Å². The van der Waals surface area contributed by atoms with E-state index < -0.39 is 23.9 Å². The molecule has 1 unspecified atom stereocenters. The molecule has 2 saturated heterocycles. The van der Waals surface area contributed by atoms with Crippen molar-refractivity contribution in [3.8, 4) is 0 Å². The van der Waals surface area contributed by atoms with E-state index in [9.17, 15) is 19.2 Å². The normalized spacial score (nSPS) is 20.3. The van der Waals surface area contributed by atoms with Gasteiger partial charge in [-0.1, -0.05) is 35.5 Å². The molecule has 3 heterocycles. The average Bonchev–Trinajstić information content (AvgIpc) is 2.96. The second kappa shape index (κ2) is 9.78. The Labute approximate surface area is 206 Å². The fourth-order valence-electron chi connectivity index (χ4n) is 4.52. The van der Waals surface area contributed by atoms with Gasteiger partial charge < -0.3 is 19.3 Å². The number of carbonyl (C=O) groups excluding carboxylic acids is 4. The highest BCUT2D eigenvalue weighted by Gasteiger charge is 2.44. The van der Waals surface area contributed by atoms with Gasteiger partial charge in [-0.25, -0.2) is 9.59 Å². The summed E-state index contributed by atoms with van der Waals surface area (Å²) in [5.74, 6) is -3.26. The second-order valence-corrected chi connectivity index (χ2v) is 8.61. The highest BCUT2D eigenvalue weighted by molar-refractivity contribution is 6.31. The van der Waals surface area contributed by atoms with Crippen molar-refractivity contribution in [2.75, 3.05) is 44.9 Å². The largest absolute Gasteiger partial charge is 0.443 e. The molecule has 2 amide bonds. The molecular weight excluding hydrogens is 468 g/mol. The number of hydroxylamine groups is 1. The zero-order valence-electron chi connectivity index (χ0n) is 19.6. The summed E-state index contributed by atoms with van der Waals surface area (Å²) >= 11 is 0. The van der Waals surface area contributed by atoms with Crippen molar-refractivity contribution in [1.29, 1.82) is 0 Å². The molecule has 36 heavy (non-hydrogen) atoms. The number of nitrogens with zero attached hydrogens (tertiary/aromatic N) is 4. The summed E-state index contributed by atoms with van der Waals surface area (Å²) in [6.45, 7) is 3.01. The van der Waals surface area contributed by atoms with Crippen molar-refractivity contribution in [2.45, 2.75) is 12.5 Å². The minimum atomic E-state index is -1.26. The van der Waals surface area contributed by atoms with Crippen molar-refractivity contribution >= 4 is 35.2 Å². The fourth-order valence-corrected chi connectivity index (χ4v) is 4.52. The average molecular weight is 492 g/mol. The first-order valence-corrected chi connectivity index (χ1v) is 11.5. The Morgan fingerprint density at radius 3 is 2.47 bits per heavy atom. The lowest BCUT2D eigenvalue weighted by molar-refractivity contribution is -0.166. The number of hydrogen-bond acceptors (Lipinski definition) is 9. The molecule has 0 N–H and O–H groups in total. The molecular formula is C25H24N4O7. The number of fused-ring (bicyclic) bond motifs is 4. The van der Waals surface area contributed by atoms with Crippen molar-refractivity contribution < 1.29 is 33.6 Å². The van der Waals surface area contributed by atoms with E-state index in [0.717, 1.165) is 16.3 Å². The van der Waals surface area contributed by atoms with E-state index in [0.29, 0.717) is 49.5 Å². The van der Waals surface area contributed by atoms with Gasteiger partial charge in [-0.2, -0.15) is 0 Å². The molecule has 2 aromatic carbocycles. The van der Waals surface area contributed by atoms with E-state index in [2.05, 4.69) is 10.1 Å². The van der Waals surface area contributed by atoms with Gasteiger partial charge in [0.15, 0.2) is 6.10 Å². The van der Waals surface area contributed by atoms with Crippen LogP contribution in [-0.2, 0) is 35.2 Å². The van der Waals surface area contributed by atoms with Gasteiger partial charge in [-0.15, -0.1) is 5.06 Å². The number of oxime groups is 1. The van der Waals surface area contributed by atoms with Gasteiger partial charge in [0.2, 0.25) is 0 Å². The van der Waals surface area contributed by atoms with Crippen molar-refractivity contribution in [2.24, 2.45) is 5.16 Å². The van der Waals surface area contributed by atoms with Crippen molar-refractivity contribution in [1.82, 2.24) is 9.80 Å². The van der Waals surface area contributed by atoms with Crippen LogP contribution in [0.5, 0.6) is 0 Å². The van der Waals surface area contributed by atoms with E-state index in [4.69, 9.17) is 14.4 Å². The van der Waals surface area contributed by atoms with Gasteiger partial charge in [0.1, 0.15) is 12.8 Å². The number of piperazine rings is 1. The SMILES string of the molecule is CO/N=C(/CN1CCN(C(=O)c2ccc3c(c2)CC2OC(=O)C(=O)ON3C2=O)CC1)c1ccccc1. The van der Waals surface area contributed by atoms with Crippen LogP contribution in [0.25, 0.3) is 0 Å². The second-order valence-electron chi connectivity index (χ2n) is 8.61. The molecule has 11 heteroatoms. The third-order valence-corrected chi connectivity index (χ3v) is 6.36. The van der Waals surface area contributed by atoms with E-state index in [-0.39, 0.29) is 12.3 Å². The van der Waals surface area contributed by atoms with Crippen LogP contribution in [-0.4, -0.2) is 85.2 Å². The maximum atomic E-state index is 13.2. The highest BCUT2D eigenvalue weighted by Crippen LogP contribution is 2.32. The monoisotopic (exact) mass is 492 g/mol. The minimum Gasteiger partial charge on any atom is -0.443 e. The van der Waals surface area contributed by atoms with Crippen LogP contribution in [0.1, 0.15) is 21.5 Å². The first-order chi connectivity index (χ1) is 17.4. The molecule has 11 nitrogen and oxygen atoms in total. The van der Waals surface area contributed by atoms with Crippen LogP contribution in [0, 0.1) is 0 Å². The van der Waals surface area contributed by atoms with E-state index in [1.807, 2.05) is 30.3 Å². The van der Waals surface area contributed by atoms with Gasteiger partial charge in [-0.3, -0.25) is 14.5 Å². The topological polar surface area (TPSA) is 118 Å². The minimum absolute atomic E-state index is 0.0586. The lowest BCUT2D eigenvalue weighted by atomic mass is 9.97. The molecule has 0 aromatic heterocycles. The molecule has 2 aromatic rings. The summed E-state index contributed by atoms with van der Waals surface area (Å²) in [5, 5.41) is 4.95. The number of benzene rings is 2. The number of ether oxygens (including phenoxy) is 1. The summed E-state index contributed by atoms with van der Waals surface area (Å²) in [4.78, 5) is 63.0. The maximum Gasteiger partial charge on any atom is 0.442 e. The summed E-state index contributed by atoms with van der Waals surface area (Å²) < 4.78 is 4.95. The zero-order chi connectivity index (χ0) is 25.2. The lowest BCUT2D eigenvalue weighted by Crippen LogP contribution is -2.50. The summed E-state index contributed by atoms with van der Waals surface area (Å²) in [7, 11) is 1.52. The lowest BCUT2D eigenvalue weighted by Gasteiger charge is -2.35. The van der Waals surface area contributed by atoms with Crippen LogP contribution in [0.15, 0.2) is 53.7 Å².